The Bertz CT molecular complexity index is 1200. The first-order valence-electron chi connectivity index (χ1n) is 12.0. The molecule has 0 fully saturated rings. The normalized spacial score (nSPS) is 16.3. The van der Waals surface area contributed by atoms with Crippen molar-refractivity contribution in [2.75, 3.05) is 20.8 Å². The second-order valence-electron chi connectivity index (χ2n) is 9.06. The minimum absolute atomic E-state index is 0.0211. The van der Waals surface area contributed by atoms with E-state index in [0.717, 1.165) is 31.7 Å². The van der Waals surface area contributed by atoms with Crippen molar-refractivity contribution in [2.24, 2.45) is 0 Å². The Balaban J connectivity index is 1.73. The van der Waals surface area contributed by atoms with E-state index in [1.807, 2.05) is 0 Å². The molecule has 0 aliphatic carbocycles. The molecule has 6 heteroatoms. The predicted octanol–water partition coefficient (Wildman–Crippen LogP) is 5.97. The third kappa shape index (κ3) is 5.63. The highest BCUT2D eigenvalue weighted by atomic mass is 35.5. The molecule has 2 atom stereocenters. The second-order valence-corrected chi connectivity index (χ2v) is 9.50. The van der Waals surface area contributed by atoms with Crippen LogP contribution in [-0.2, 0) is 13.0 Å². The van der Waals surface area contributed by atoms with E-state index in [4.69, 9.17) is 21.1 Å². The highest BCUT2D eigenvalue weighted by Crippen LogP contribution is 2.40. The number of hydrogen-bond donors (Lipinski definition) is 1. The summed E-state index contributed by atoms with van der Waals surface area (Å²) in [6.07, 6.45) is 1.67. The zero-order chi connectivity index (χ0) is 24.9. The van der Waals surface area contributed by atoms with Crippen molar-refractivity contribution in [3.63, 3.8) is 0 Å². The van der Waals surface area contributed by atoms with E-state index in [1.54, 1.807) is 38.5 Å². The van der Waals surface area contributed by atoms with Crippen molar-refractivity contribution in [3.05, 3.63) is 93.5 Å². The lowest BCUT2D eigenvalue weighted by Crippen LogP contribution is -2.48. The molecular weight excluding hydrogens is 460 g/mol. The third-order valence-corrected chi connectivity index (χ3v) is 6.95. The molecule has 0 saturated heterocycles. The van der Waals surface area contributed by atoms with Gasteiger partial charge in [-0.25, -0.2) is 0 Å². The van der Waals surface area contributed by atoms with Crippen LogP contribution in [0, 0.1) is 6.92 Å². The van der Waals surface area contributed by atoms with Crippen LogP contribution in [0.25, 0.3) is 0 Å². The minimum Gasteiger partial charge on any atom is -0.493 e. The van der Waals surface area contributed by atoms with Crippen LogP contribution in [0.5, 0.6) is 11.5 Å². The molecule has 1 aliphatic heterocycles. The Morgan fingerprint density at radius 2 is 1.83 bits per heavy atom. The van der Waals surface area contributed by atoms with Crippen molar-refractivity contribution in [3.8, 4) is 11.5 Å². The number of benzene rings is 3. The van der Waals surface area contributed by atoms with Crippen molar-refractivity contribution in [1.82, 2.24) is 10.2 Å². The zero-order valence-corrected chi connectivity index (χ0v) is 21.6. The first kappa shape index (κ1) is 25.1. The fourth-order valence-electron chi connectivity index (χ4n) is 5.01. The van der Waals surface area contributed by atoms with Gasteiger partial charge >= 0.3 is 0 Å². The number of aryl methyl sites for hydroxylation is 1. The molecule has 0 bridgehead atoms. The van der Waals surface area contributed by atoms with Crippen LogP contribution in [0.2, 0.25) is 5.02 Å². The number of ether oxygens (including phenoxy) is 2. The number of amides is 1. The van der Waals surface area contributed by atoms with Crippen LogP contribution >= 0.6 is 11.6 Å². The number of rotatable bonds is 8. The number of halogens is 1. The number of nitrogens with zero attached hydrogens (tertiary/aromatic N) is 1. The lowest BCUT2D eigenvalue weighted by Gasteiger charge is -2.42. The van der Waals surface area contributed by atoms with Gasteiger partial charge in [0.1, 0.15) is 0 Å². The van der Waals surface area contributed by atoms with Crippen molar-refractivity contribution >= 4 is 17.5 Å². The summed E-state index contributed by atoms with van der Waals surface area (Å²) in [5.74, 6) is 1.31. The van der Waals surface area contributed by atoms with Crippen LogP contribution in [0.15, 0.2) is 60.7 Å². The number of hydrogen-bond acceptors (Lipinski definition) is 4. The lowest BCUT2D eigenvalue weighted by atomic mass is 9.86. The topological polar surface area (TPSA) is 50.8 Å². The summed E-state index contributed by atoms with van der Waals surface area (Å²) < 4.78 is 11.2. The molecule has 4 rings (SSSR count). The molecule has 0 saturated carbocycles. The van der Waals surface area contributed by atoms with E-state index in [9.17, 15) is 4.79 Å². The van der Waals surface area contributed by atoms with Gasteiger partial charge in [0.05, 0.1) is 20.3 Å². The van der Waals surface area contributed by atoms with Gasteiger partial charge in [-0.15, -0.1) is 0 Å². The average molecular weight is 493 g/mol. The van der Waals surface area contributed by atoms with E-state index >= 15 is 0 Å². The van der Waals surface area contributed by atoms with E-state index < -0.39 is 0 Å². The monoisotopic (exact) mass is 492 g/mol. The Hall–Kier alpha value is -3.02. The van der Waals surface area contributed by atoms with Gasteiger partial charge in [-0.05, 0) is 66.8 Å². The van der Waals surface area contributed by atoms with Gasteiger partial charge in [0.25, 0.3) is 5.91 Å². The van der Waals surface area contributed by atoms with Crippen LogP contribution < -0.4 is 14.8 Å². The SMILES string of the molecule is CCC(NC(=O)c1cccc(Cl)c1)C1c2cc(OC)c(OC)cc2CCN1Cc1cccc(C)c1. The summed E-state index contributed by atoms with van der Waals surface area (Å²) in [4.78, 5) is 15.7. The smallest absolute Gasteiger partial charge is 0.251 e. The van der Waals surface area contributed by atoms with E-state index in [2.05, 4.69) is 60.5 Å². The molecule has 1 heterocycles. The summed E-state index contributed by atoms with van der Waals surface area (Å²) in [6, 6.07) is 19.7. The van der Waals surface area contributed by atoms with Crippen molar-refractivity contribution in [1.29, 1.82) is 0 Å². The molecule has 5 nitrogen and oxygen atoms in total. The highest BCUT2D eigenvalue weighted by molar-refractivity contribution is 6.30. The van der Waals surface area contributed by atoms with Crippen molar-refractivity contribution < 1.29 is 14.3 Å². The molecule has 3 aromatic rings. The zero-order valence-electron chi connectivity index (χ0n) is 20.8. The minimum atomic E-state index is -0.123. The van der Waals surface area contributed by atoms with Gasteiger partial charge in [-0.3, -0.25) is 9.69 Å². The van der Waals surface area contributed by atoms with Crippen molar-refractivity contribution in [2.45, 2.75) is 45.3 Å². The summed E-state index contributed by atoms with van der Waals surface area (Å²) in [7, 11) is 3.32. The van der Waals surface area contributed by atoms with Gasteiger partial charge in [0.15, 0.2) is 11.5 Å². The number of methoxy groups -OCH3 is 2. The summed E-state index contributed by atoms with van der Waals surface area (Å²) in [5.41, 5.74) is 5.45. The summed E-state index contributed by atoms with van der Waals surface area (Å²) in [6.45, 7) is 5.90. The fourth-order valence-corrected chi connectivity index (χ4v) is 5.20. The molecule has 184 valence electrons. The van der Waals surface area contributed by atoms with Crippen LogP contribution in [0.1, 0.15) is 52.0 Å². The molecule has 1 amide bonds. The van der Waals surface area contributed by atoms with Gasteiger partial charge < -0.3 is 14.8 Å². The summed E-state index contributed by atoms with van der Waals surface area (Å²) >= 11 is 6.15. The predicted molar refractivity (Wildman–Crippen MR) is 141 cm³/mol. The third-order valence-electron chi connectivity index (χ3n) is 6.72. The number of nitrogens with one attached hydrogen (secondary N) is 1. The van der Waals surface area contributed by atoms with Gasteiger partial charge in [-0.2, -0.15) is 0 Å². The first-order chi connectivity index (χ1) is 16.9. The van der Waals surface area contributed by atoms with Crippen LogP contribution in [0.4, 0.5) is 0 Å². The molecular formula is C29H33ClN2O3. The number of fused-ring (bicyclic) bond motifs is 1. The molecule has 35 heavy (non-hydrogen) atoms. The van der Waals surface area contributed by atoms with E-state index in [0.29, 0.717) is 16.3 Å². The molecule has 1 N–H and O–H groups in total. The van der Waals surface area contributed by atoms with Gasteiger partial charge in [0, 0.05) is 29.7 Å². The maximum absolute atomic E-state index is 13.2. The Morgan fingerprint density at radius 1 is 1.09 bits per heavy atom. The van der Waals surface area contributed by atoms with E-state index in [1.165, 1.54) is 22.3 Å². The van der Waals surface area contributed by atoms with Crippen LogP contribution in [0.3, 0.4) is 0 Å². The largest absolute Gasteiger partial charge is 0.493 e. The average Bonchev–Trinajstić information content (AvgIpc) is 2.86. The quantitative estimate of drug-likeness (QED) is 0.420. The first-order valence-corrected chi connectivity index (χ1v) is 12.4. The number of carbonyl (C=O) groups is 1. The Kier molecular flexibility index (Phi) is 7.99. The molecule has 3 aromatic carbocycles. The maximum Gasteiger partial charge on any atom is 0.251 e. The highest BCUT2D eigenvalue weighted by Gasteiger charge is 2.35. The Morgan fingerprint density at radius 3 is 2.51 bits per heavy atom. The van der Waals surface area contributed by atoms with E-state index in [-0.39, 0.29) is 18.0 Å². The fraction of sp³-hybridized carbons (Fsp3) is 0.345. The van der Waals surface area contributed by atoms with Gasteiger partial charge in [0.2, 0.25) is 0 Å². The summed E-state index contributed by atoms with van der Waals surface area (Å²) in [5, 5.41) is 3.85. The Labute approximate surface area is 213 Å². The molecule has 0 radical (unpaired) electrons. The molecule has 0 aromatic heterocycles. The lowest BCUT2D eigenvalue weighted by molar-refractivity contribution is 0.0859. The van der Waals surface area contributed by atoms with Crippen LogP contribution in [-0.4, -0.2) is 37.6 Å². The van der Waals surface area contributed by atoms with Gasteiger partial charge in [-0.1, -0.05) is 54.4 Å². The number of carbonyl (C=O) groups excluding carboxylic acids is 1. The standard InChI is InChI=1S/C29H33ClN2O3/c1-5-25(31-29(33)22-10-7-11-23(30)15-22)28-24-17-27(35-4)26(34-3)16-21(24)12-13-32(28)18-20-9-6-8-19(2)14-20/h6-11,14-17,25,28H,5,12-13,18H2,1-4H3,(H,31,33). The molecule has 0 spiro atoms. The molecule has 1 aliphatic rings. The second kappa shape index (κ2) is 11.1. The molecule has 2 unspecified atom stereocenters. The maximum atomic E-state index is 13.2.